The number of nitrogens with zero attached hydrogens (tertiary/aromatic N) is 1. The summed E-state index contributed by atoms with van der Waals surface area (Å²) in [6, 6.07) is 7.26. The number of benzene rings is 1. The van der Waals surface area contributed by atoms with Crippen LogP contribution in [0.2, 0.25) is 0 Å². The molecule has 0 aliphatic rings. The van der Waals surface area contributed by atoms with Gasteiger partial charge >= 0.3 is 5.97 Å². The molecule has 1 amide bonds. The van der Waals surface area contributed by atoms with Crippen LogP contribution in [-0.4, -0.2) is 31.3 Å². The van der Waals surface area contributed by atoms with Crippen molar-refractivity contribution in [2.24, 2.45) is 11.0 Å². The number of esters is 1. The lowest BCUT2D eigenvalue weighted by Crippen LogP contribution is -2.28. The molecule has 0 unspecified atom stereocenters. The molecule has 1 N–H and O–H groups in total. The van der Waals surface area contributed by atoms with Crippen LogP contribution in [0.3, 0.4) is 0 Å². The minimum Gasteiger partial charge on any atom is -0.497 e. The third kappa shape index (κ3) is 6.40. The van der Waals surface area contributed by atoms with Crippen LogP contribution in [0, 0.1) is 5.92 Å². The van der Waals surface area contributed by atoms with Gasteiger partial charge in [0.05, 0.1) is 26.1 Å². The van der Waals surface area contributed by atoms with E-state index < -0.39 is 5.92 Å². The SMILES string of the molecule is CCC[C@@H](C(=O)OCC)/C(C)=N\NC(=O)Cc1ccc(OC)cc1. The molecule has 24 heavy (non-hydrogen) atoms. The van der Waals surface area contributed by atoms with Crippen molar-refractivity contribution in [3.63, 3.8) is 0 Å². The van der Waals surface area contributed by atoms with E-state index in [1.54, 1.807) is 33.1 Å². The highest BCUT2D eigenvalue weighted by atomic mass is 16.5. The topological polar surface area (TPSA) is 77.0 Å². The molecule has 0 radical (unpaired) electrons. The van der Waals surface area contributed by atoms with E-state index in [-0.39, 0.29) is 18.3 Å². The van der Waals surface area contributed by atoms with E-state index in [2.05, 4.69) is 10.5 Å². The predicted molar refractivity (Wildman–Crippen MR) is 93.0 cm³/mol. The summed E-state index contributed by atoms with van der Waals surface area (Å²) >= 11 is 0. The smallest absolute Gasteiger partial charge is 0.314 e. The van der Waals surface area contributed by atoms with Crippen LogP contribution in [-0.2, 0) is 20.7 Å². The number of hydrogen-bond donors (Lipinski definition) is 1. The van der Waals surface area contributed by atoms with Crippen LogP contribution in [0.4, 0.5) is 0 Å². The van der Waals surface area contributed by atoms with Crippen LogP contribution < -0.4 is 10.2 Å². The maximum Gasteiger partial charge on any atom is 0.314 e. The lowest BCUT2D eigenvalue weighted by atomic mass is 9.99. The van der Waals surface area contributed by atoms with Crippen molar-refractivity contribution in [2.75, 3.05) is 13.7 Å². The fraction of sp³-hybridized carbons (Fsp3) is 0.500. The summed E-state index contributed by atoms with van der Waals surface area (Å²) in [7, 11) is 1.59. The van der Waals surface area contributed by atoms with E-state index in [1.807, 2.05) is 19.1 Å². The van der Waals surface area contributed by atoms with Gasteiger partial charge in [0.2, 0.25) is 5.91 Å². The largest absolute Gasteiger partial charge is 0.497 e. The first-order chi connectivity index (χ1) is 11.5. The van der Waals surface area contributed by atoms with E-state index in [4.69, 9.17) is 9.47 Å². The summed E-state index contributed by atoms with van der Waals surface area (Å²) in [6.45, 7) is 5.81. The molecule has 1 atom stereocenters. The number of hydrazone groups is 1. The van der Waals surface area contributed by atoms with Crippen molar-refractivity contribution in [1.82, 2.24) is 5.43 Å². The van der Waals surface area contributed by atoms with Crippen LogP contribution in [0.15, 0.2) is 29.4 Å². The molecular formula is C18H26N2O4. The summed E-state index contributed by atoms with van der Waals surface area (Å²) in [5.74, 6) is -0.218. The molecule has 0 fully saturated rings. The number of nitrogens with one attached hydrogen (secondary N) is 1. The lowest BCUT2D eigenvalue weighted by Gasteiger charge is -2.14. The standard InChI is InChI=1S/C18H26N2O4/c1-5-7-16(18(22)24-6-2)13(3)19-20-17(21)12-14-8-10-15(23-4)11-9-14/h8-11,16H,5-7,12H2,1-4H3,(H,20,21)/b19-13-/t16-/m1/s1. The molecule has 0 aliphatic carbocycles. The lowest BCUT2D eigenvalue weighted by molar-refractivity contribution is -0.145. The Morgan fingerprint density at radius 3 is 2.42 bits per heavy atom. The van der Waals surface area contributed by atoms with E-state index >= 15 is 0 Å². The monoisotopic (exact) mass is 334 g/mol. The third-order valence-corrected chi connectivity index (χ3v) is 3.53. The Morgan fingerprint density at radius 2 is 1.88 bits per heavy atom. The zero-order valence-electron chi connectivity index (χ0n) is 14.8. The summed E-state index contributed by atoms with van der Waals surface area (Å²) in [4.78, 5) is 23.9. The molecule has 0 spiro atoms. The van der Waals surface area contributed by atoms with Gasteiger partial charge in [-0.1, -0.05) is 25.5 Å². The van der Waals surface area contributed by atoms with E-state index in [0.717, 1.165) is 17.7 Å². The van der Waals surface area contributed by atoms with Gasteiger partial charge in [-0.3, -0.25) is 9.59 Å². The van der Waals surface area contributed by atoms with Crippen molar-refractivity contribution < 1.29 is 19.1 Å². The molecule has 0 aromatic heterocycles. The molecule has 0 saturated carbocycles. The van der Waals surface area contributed by atoms with Gasteiger partial charge in [0.15, 0.2) is 0 Å². The summed E-state index contributed by atoms with van der Waals surface area (Å²) in [5.41, 5.74) is 3.92. The van der Waals surface area contributed by atoms with E-state index in [1.165, 1.54) is 0 Å². The number of methoxy groups -OCH3 is 1. The van der Waals surface area contributed by atoms with Crippen LogP contribution >= 0.6 is 0 Å². The highest BCUT2D eigenvalue weighted by molar-refractivity contribution is 6.01. The zero-order valence-corrected chi connectivity index (χ0v) is 14.8. The Labute approximate surface area is 143 Å². The molecule has 0 aliphatic heterocycles. The Hall–Kier alpha value is -2.37. The molecule has 6 nitrogen and oxygen atoms in total. The summed E-state index contributed by atoms with van der Waals surface area (Å²) in [5, 5.41) is 4.07. The Morgan fingerprint density at radius 1 is 1.21 bits per heavy atom. The number of hydrogen-bond acceptors (Lipinski definition) is 5. The zero-order chi connectivity index (χ0) is 17.9. The Bertz CT molecular complexity index is 567. The van der Waals surface area contributed by atoms with Crippen LogP contribution in [0.5, 0.6) is 5.75 Å². The van der Waals surface area contributed by atoms with Gasteiger partial charge in [0.1, 0.15) is 5.75 Å². The van der Waals surface area contributed by atoms with Crippen LogP contribution in [0.1, 0.15) is 39.2 Å². The molecule has 0 saturated heterocycles. The third-order valence-electron chi connectivity index (χ3n) is 3.53. The fourth-order valence-electron chi connectivity index (χ4n) is 2.23. The Balaban J connectivity index is 2.63. The van der Waals surface area contributed by atoms with Gasteiger partial charge in [-0.05, 0) is 38.0 Å². The summed E-state index contributed by atoms with van der Waals surface area (Å²) in [6.07, 6.45) is 1.68. The van der Waals surface area contributed by atoms with Crippen molar-refractivity contribution in [1.29, 1.82) is 0 Å². The minimum atomic E-state index is -0.420. The molecule has 1 aromatic rings. The summed E-state index contributed by atoms with van der Waals surface area (Å²) < 4.78 is 10.1. The Kier molecular flexibility index (Phi) is 8.54. The molecule has 0 heterocycles. The van der Waals surface area contributed by atoms with Gasteiger partial charge in [-0.2, -0.15) is 5.10 Å². The molecule has 1 rings (SSSR count). The molecule has 6 heteroatoms. The van der Waals surface area contributed by atoms with Crippen molar-refractivity contribution in [3.8, 4) is 5.75 Å². The molecule has 1 aromatic carbocycles. The van der Waals surface area contributed by atoms with Crippen molar-refractivity contribution >= 4 is 17.6 Å². The first kappa shape index (κ1) is 19.7. The molecular weight excluding hydrogens is 308 g/mol. The van der Waals surface area contributed by atoms with Crippen molar-refractivity contribution in [2.45, 2.75) is 40.0 Å². The average Bonchev–Trinajstić information content (AvgIpc) is 2.58. The number of rotatable bonds is 9. The number of carbonyl (C=O) groups is 2. The maximum atomic E-state index is 12.0. The number of amides is 1. The minimum absolute atomic E-state index is 0.207. The van der Waals surface area contributed by atoms with Gasteiger partial charge in [0.25, 0.3) is 0 Å². The predicted octanol–water partition coefficient (Wildman–Crippen LogP) is 2.71. The second kappa shape index (κ2) is 10.4. The van der Waals surface area contributed by atoms with E-state index in [0.29, 0.717) is 18.7 Å². The highest BCUT2D eigenvalue weighted by Crippen LogP contribution is 2.12. The van der Waals surface area contributed by atoms with Crippen LogP contribution in [0.25, 0.3) is 0 Å². The van der Waals surface area contributed by atoms with Gasteiger partial charge in [-0.25, -0.2) is 5.43 Å². The average molecular weight is 334 g/mol. The number of ether oxygens (including phenoxy) is 2. The van der Waals surface area contributed by atoms with Gasteiger partial charge in [-0.15, -0.1) is 0 Å². The normalized spacial score (nSPS) is 12.4. The first-order valence-electron chi connectivity index (χ1n) is 8.14. The second-order valence-electron chi connectivity index (χ2n) is 5.41. The van der Waals surface area contributed by atoms with Gasteiger partial charge < -0.3 is 9.47 Å². The fourth-order valence-corrected chi connectivity index (χ4v) is 2.23. The number of carbonyl (C=O) groups excluding carboxylic acids is 2. The molecule has 0 bridgehead atoms. The molecule has 132 valence electrons. The first-order valence-corrected chi connectivity index (χ1v) is 8.14. The highest BCUT2D eigenvalue weighted by Gasteiger charge is 2.22. The maximum absolute atomic E-state index is 12.0. The second-order valence-corrected chi connectivity index (χ2v) is 5.41. The van der Waals surface area contributed by atoms with Gasteiger partial charge in [0, 0.05) is 5.71 Å². The quantitative estimate of drug-likeness (QED) is 0.428. The van der Waals surface area contributed by atoms with Crippen molar-refractivity contribution in [3.05, 3.63) is 29.8 Å². The van der Waals surface area contributed by atoms with E-state index in [9.17, 15) is 9.59 Å².